The monoisotopic (exact) mass is 317 g/mol. The van der Waals surface area contributed by atoms with E-state index in [0.29, 0.717) is 13.0 Å². The summed E-state index contributed by atoms with van der Waals surface area (Å²) in [5, 5.41) is 0. The van der Waals surface area contributed by atoms with Crippen molar-refractivity contribution >= 4 is 30.1 Å². The minimum Gasteiger partial charge on any atom is -0.370 e. The van der Waals surface area contributed by atoms with E-state index in [2.05, 4.69) is 0 Å². The molecule has 6 nitrogen and oxygen atoms in total. The van der Waals surface area contributed by atoms with E-state index >= 15 is 0 Å². The van der Waals surface area contributed by atoms with E-state index in [9.17, 15) is 14.4 Å². The van der Waals surface area contributed by atoms with Crippen molar-refractivity contribution in [1.82, 2.24) is 4.90 Å². The number of carbonyl (C=O) groups is 3. The van der Waals surface area contributed by atoms with Gasteiger partial charge >= 0.3 is 0 Å². The van der Waals surface area contributed by atoms with Crippen LogP contribution in [-0.2, 0) is 14.4 Å². The van der Waals surface area contributed by atoms with Crippen molar-refractivity contribution in [3.8, 4) is 0 Å². The third-order valence-corrected chi connectivity index (χ3v) is 4.52. The third-order valence-electron chi connectivity index (χ3n) is 4.52. The standard InChI is InChI=1S/C14H23N3O3.ClH/c15-10(4-5-11(16)18)13(20)17-9-14(8-12(17)19)6-2-1-3-7-14;/h10H,1-9,15H2,(H2,16,18);1H. The molecule has 2 rings (SSSR count). The van der Waals surface area contributed by atoms with Gasteiger partial charge in [0.15, 0.2) is 0 Å². The fourth-order valence-corrected chi connectivity index (χ4v) is 3.35. The van der Waals surface area contributed by atoms with Crippen LogP contribution in [0.4, 0.5) is 0 Å². The Bertz CT molecular complexity index is 422. The van der Waals surface area contributed by atoms with Crippen LogP contribution in [-0.4, -0.2) is 35.2 Å². The normalized spacial score (nSPS) is 22.0. The molecule has 1 aliphatic heterocycles. The molecule has 120 valence electrons. The second-order valence-electron chi connectivity index (χ2n) is 6.17. The van der Waals surface area contributed by atoms with Crippen molar-refractivity contribution in [3.63, 3.8) is 0 Å². The van der Waals surface area contributed by atoms with Crippen molar-refractivity contribution in [1.29, 1.82) is 0 Å². The third kappa shape index (κ3) is 4.17. The average molecular weight is 318 g/mol. The van der Waals surface area contributed by atoms with Crippen LogP contribution in [0.2, 0.25) is 0 Å². The van der Waals surface area contributed by atoms with E-state index in [4.69, 9.17) is 11.5 Å². The molecule has 1 unspecified atom stereocenters. The van der Waals surface area contributed by atoms with E-state index in [1.807, 2.05) is 0 Å². The summed E-state index contributed by atoms with van der Waals surface area (Å²) < 4.78 is 0. The Balaban J connectivity index is 0.00000220. The Kier molecular flexibility index (Phi) is 6.16. The van der Waals surface area contributed by atoms with Gasteiger partial charge in [-0.15, -0.1) is 12.4 Å². The second kappa shape index (κ2) is 7.22. The maximum atomic E-state index is 12.2. The fourth-order valence-electron chi connectivity index (χ4n) is 3.35. The minimum absolute atomic E-state index is 0. The SMILES string of the molecule is Cl.NC(=O)CCC(N)C(=O)N1CC2(CCCCC2)CC1=O. The Hall–Kier alpha value is -1.14. The number of carbonyl (C=O) groups excluding carboxylic acids is 3. The topological polar surface area (TPSA) is 106 Å². The summed E-state index contributed by atoms with van der Waals surface area (Å²) in [5.74, 6) is -0.963. The maximum Gasteiger partial charge on any atom is 0.246 e. The molecule has 4 N–H and O–H groups in total. The Morgan fingerprint density at radius 3 is 2.43 bits per heavy atom. The van der Waals surface area contributed by atoms with E-state index < -0.39 is 11.9 Å². The number of hydrogen-bond donors (Lipinski definition) is 2. The highest BCUT2D eigenvalue weighted by molar-refractivity contribution is 5.99. The highest BCUT2D eigenvalue weighted by Gasteiger charge is 2.46. The van der Waals surface area contributed by atoms with E-state index in [-0.39, 0.29) is 42.5 Å². The molecule has 1 spiro atoms. The van der Waals surface area contributed by atoms with Crippen LogP contribution in [0.3, 0.4) is 0 Å². The zero-order valence-electron chi connectivity index (χ0n) is 12.2. The first kappa shape index (κ1) is 17.9. The van der Waals surface area contributed by atoms with Crippen LogP contribution >= 0.6 is 12.4 Å². The second-order valence-corrected chi connectivity index (χ2v) is 6.17. The molecule has 0 aromatic carbocycles. The first-order chi connectivity index (χ1) is 9.43. The van der Waals surface area contributed by atoms with Gasteiger partial charge in [0.1, 0.15) is 0 Å². The molecular formula is C14H24ClN3O3. The first-order valence-corrected chi connectivity index (χ1v) is 7.32. The van der Waals surface area contributed by atoms with Gasteiger partial charge in [0.05, 0.1) is 6.04 Å². The van der Waals surface area contributed by atoms with E-state index in [0.717, 1.165) is 25.7 Å². The summed E-state index contributed by atoms with van der Waals surface area (Å²) in [7, 11) is 0. The number of rotatable bonds is 4. The predicted molar refractivity (Wildman–Crippen MR) is 80.5 cm³/mol. The zero-order valence-corrected chi connectivity index (χ0v) is 13.0. The smallest absolute Gasteiger partial charge is 0.246 e. The molecule has 7 heteroatoms. The molecule has 1 saturated heterocycles. The Morgan fingerprint density at radius 1 is 1.24 bits per heavy atom. The summed E-state index contributed by atoms with van der Waals surface area (Å²) in [5.41, 5.74) is 10.8. The molecule has 0 radical (unpaired) electrons. The van der Waals surface area contributed by atoms with Crippen LogP contribution < -0.4 is 11.5 Å². The number of nitrogens with two attached hydrogens (primary N) is 2. The highest BCUT2D eigenvalue weighted by atomic mass is 35.5. The van der Waals surface area contributed by atoms with Gasteiger partial charge < -0.3 is 11.5 Å². The lowest BCUT2D eigenvalue weighted by molar-refractivity contribution is -0.142. The molecular weight excluding hydrogens is 294 g/mol. The summed E-state index contributed by atoms with van der Waals surface area (Å²) in [6, 6.07) is -0.815. The predicted octanol–water partition coefficient (Wildman–Crippen LogP) is 0.710. The first-order valence-electron chi connectivity index (χ1n) is 7.32. The van der Waals surface area contributed by atoms with Gasteiger partial charge in [-0.3, -0.25) is 19.3 Å². The molecule has 1 atom stereocenters. The molecule has 0 bridgehead atoms. The number of nitrogens with zero attached hydrogens (tertiary/aromatic N) is 1. The van der Waals surface area contributed by atoms with Crippen molar-refractivity contribution < 1.29 is 14.4 Å². The lowest BCUT2D eigenvalue weighted by Gasteiger charge is -2.32. The van der Waals surface area contributed by atoms with Gasteiger partial charge in [-0.1, -0.05) is 19.3 Å². The zero-order chi connectivity index (χ0) is 14.8. The molecule has 3 amide bonds. The van der Waals surface area contributed by atoms with Gasteiger partial charge in [0, 0.05) is 19.4 Å². The van der Waals surface area contributed by atoms with Gasteiger partial charge in [0.2, 0.25) is 17.7 Å². The van der Waals surface area contributed by atoms with Gasteiger partial charge in [-0.25, -0.2) is 0 Å². The maximum absolute atomic E-state index is 12.2. The van der Waals surface area contributed by atoms with Crippen LogP contribution in [0.1, 0.15) is 51.4 Å². The number of primary amides is 1. The van der Waals surface area contributed by atoms with Crippen LogP contribution in [0.15, 0.2) is 0 Å². The largest absolute Gasteiger partial charge is 0.370 e. The Morgan fingerprint density at radius 2 is 1.86 bits per heavy atom. The minimum atomic E-state index is -0.815. The lowest BCUT2D eigenvalue weighted by atomic mass is 9.73. The summed E-state index contributed by atoms with van der Waals surface area (Å²) in [6.45, 7) is 0.495. The number of halogens is 1. The highest BCUT2D eigenvalue weighted by Crippen LogP contribution is 2.44. The van der Waals surface area contributed by atoms with Crippen LogP contribution in [0.25, 0.3) is 0 Å². The molecule has 0 aromatic rings. The lowest BCUT2D eigenvalue weighted by Crippen LogP contribution is -2.45. The van der Waals surface area contributed by atoms with E-state index in [1.165, 1.54) is 11.3 Å². The van der Waals surface area contributed by atoms with Crippen molar-refractivity contribution in [2.75, 3.05) is 6.54 Å². The molecule has 2 fully saturated rings. The molecule has 0 aromatic heterocycles. The van der Waals surface area contributed by atoms with Crippen molar-refractivity contribution in [2.24, 2.45) is 16.9 Å². The molecule has 1 heterocycles. The number of imide groups is 1. The fraction of sp³-hybridized carbons (Fsp3) is 0.786. The van der Waals surface area contributed by atoms with Crippen molar-refractivity contribution in [3.05, 3.63) is 0 Å². The summed E-state index contributed by atoms with van der Waals surface area (Å²) in [6.07, 6.45) is 6.22. The van der Waals surface area contributed by atoms with Crippen LogP contribution in [0, 0.1) is 5.41 Å². The van der Waals surface area contributed by atoms with Crippen LogP contribution in [0.5, 0.6) is 0 Å². The summed E-state index contributed by atoms with van der Waals surface area (Å²) >= 11 is 0. The van der Waals surface area contributed by atoms with Crippen molar-refractivity contribution in [2.45, 2.75) is 57.4 Å². The molecule has 2 aliphatic rings. The molecule has 21 heavy (non-hydrogen) atoms. The van der Waals surface area contributed by atoms with Gasteiger partial charge in [-0.2, -0.15) is 0 Å². The van der Waals surface area contributed by atoms with Gasteiger partial charge in [-0.05, 0) is 24.7 Å². The van der Waals surface area contributed by atoms with Gasteiger partial charge in [0.25, 0.3) is 0 Å². The number of likely N-dealkylation sites (tertiary alicyclic amines) is 1. The number of hydrogen-bond acceptors (Lipinski definition) is 4. The average Bonchev–Trinajstić information content (AvgIpc) is 2.72. The quantitative estimate of drug-likeness (QED) is 0.796. The number of amides is 3. The molecule has 1 aliphatic carbocycles. The van der Waals surface area contributed by atoms with E-state index in [1.54, 1.807) is 0 Å². The molecule has 1 saturated carbocycles. The summed E-state index contributed by atoms with van der Waals surface area (Å²) in [4.78, 5) is 36.3. The Labute approximate surface area is 131 Å².